The van der Waals surface area contributed by atoms with E-state index >= 15 is 0 Å². The van der Waals surface area contributed by atoms with Gasteiger partial charge in [0.1, 0.15) is 5.75 Å². The van der Waals surface area contributed by atoms with E-state index in [0.29, 0.717) is 6.61 Å². The zero-order valence-electron chi connectivity index (χ0n) is 13.6. The van der Waals surface area contributed by atoms with Gasteiger partial charge in [-0.15, -0.1) is 0 Å². The molecule has 4 rings (SSSR count). The van der Waals surface area contributed by atoms with Crippen LogP contribution in [0.4, 0.5) is 0 Å². The van der Waals surface area contributed by atoms with Crippen molar-refractivity contribution in [2.45, 2.75) is 13.3 Å². The van der Waals surface area contributed by atoms with Crippen molar-refractivity contribution in [3.8, 4) is 17.0 Å². The van der Waals surface area contributed by atoms with E-state index in [1.807, 2.05) is 48.7 Å². The second kappa shape index (κ2) is 6.28. The summed E-state index contributed by atoms with van der Waals surface area (Å²) in [5, 5.41) is 2.16. The van der Waals surface area contributed by atoms with Gasteiger partial charge in [-0.25, -0.2) is 4.98 Å². The molecule has 2 heterocycles. The highest BCUT2D eigenvalue weighted by atomic mass is 16.5. The predicted molar refractivity (Wildman–Crippen MR) is 98.3 cm³/mol. The summed E-state index contributed by atoms with van der Waals surface area (Å²) in [4.78, 5) is 9.39. The van der Waals surface area contributed by atoms with Gasteiger partial charge in [-0.1, -0.05) is 43.3 Å². The number of benzene rings is 2. The van der Waals surface area contributed by atoms with E-state index in [2.05, 4.69) is 30.1 Å². The van der Waals surface area contributed by atoms with Gasteiger partial charge < -0.3 is 4.74 Å². The van der Waals surface area contributed by atoms with Gasteiger partial charge in [-0.05, 0) is 30.7 Å². The molecular formula is C21H18N2O. The van der Waals surface area contributed by atoms with Gasteiger partial charge in [0.25, 0.3) is 0 Å². The Morgan fingerprint density at radius 2 is 1.67 bits per heavy atom. The molecule has 0 fully saturated rings. The molecule has 0 amide bonds. The van der Waals surface area contributed by atoms with Crippen LogP contribution in [0, 0.1) is 0 Å². The lowest BCUT2D eigenvalue weighted by Gasteiger charge is -2.13. The van der Waals surface area contributed by atoms with Crippen molar-refractivity contribution in [2.75, 3.05) is 6.61 Å². The minimum Gasteiger partial charge on any atom is -0.492 e. The fourth-order valence-corrected chi connectivity index (χ4v) is 2.87. The van der Waals surface area contributed by atoms with E-state index in [4.69, 9.17) is 9.72 Å². The third kappa shape index (κ3) is 2.58. The Hall–Kier alpha value is -2.94. The van der Waals surface area contributed by atoms with Crippen LogP contribution >= 0.6 is 0 Å². The largest absolute Gasteiger partial charge is 0.492 e. The number of fused-ring (bicyclic) bond motifs is 2. The molecule has 0 N–H and O–H groups in total. The number of aromatic nitrogens is 2. The van der Waals surface area contributed by atoms with E-state index in [0.717, 1.165) is 45.2 Å². The number of pyridine rings is 2. The average molecular weight is 314 g/mol. The maximum absolute atomic E-state index is 6.09. The number of hydrogen-bond donors (Lipinski definition) is 0. The van der Waals surface area contributed by atoms with Gasteiger partial charge in [0, 0.05) is 17.0 Å². The predicted octanol–water partition coefficient (Wildman–Crippen LogP) is 5.24. The smallest absolute Gasteiger partial charge is 0.139 e. The summed E-state index contributed by atoms with van der Waals surface area (Å²) in [6, 6.07) is 20.3. The molecule has 3 heteroatoms. The molecule has 0 atom stereocenters. The maximum Gasteiger partial charge on any atom is 0.139 e. The highest BCUT2D eigenvalue weighted by Crippen LogP contribution is 2.35. The van der Waals surface area contributed by atoms with Crippen LogP contribution in [0.15, 0.2) is 66.9 Å². The lowest BCUT2D eigenvalue weighted by atomic mass is 10.1. The minimum absolute atomic E-state index is 0.675. The normalized spacial score (nSPS) is 11.0. The molecular weight excluding hydrogens is 296 g/mol. The first-order valence-electron chi connectivity index (χ1n) is 8.23. The maximum atomic E-state index is 6.09. The summed E-state index contributed by atoms with van der Waals surface area (Å²) in [6.07, 6.45) is 2.83. The van der Waals surface area contributed by atoms with E-state index in [9.17, 15) is 0 Å². The lowest BCUT2D eigenvalue weighted by molar-refractivity contribution is 0.322. The van der Waals surface area contributed by atoms with Crippen molar-refractivity contribution >= 4 is 21.8 Å². The number of hydrogen-bond acceptors (Lipinski definition) is 3. The van der Waals surface area contributed by atoms with Gasteiger partial charge in [0.15, 0.2) is 0 Å². The van der Waals surface area contributed by atoms with Crippen LogP contribution in [-0.4, -0.2) is 16.6 Å². The number of para-hydroxylation sites is 2. The van der Waals surface area contributed by atoms with Crippen molar-refractivity contribution < 1.29 is 4.74 Å². The summed E-state index contributed by atoms with van der Waals surface area (Å²) in [6.45, 7) is 2.78. The third-order valence-corrected chi connectivity index (χ3v) is 4.05. The second-order valence-corrected chi connectivity index (χ2v) is 5.76. The van der Waals surface area contributed by atoms with Crippen LogP contribution < -0.4 is 4.74 Å². The fraction of sp³-hybridized carbons (Fsp3) is 0.143. The van der Waals surface area contributed by atoms with Crippen molar-refractivity contribution in [1.82, 2.24) is 9.97 Å². The van der Waals surface area contributed by atoms with Gasteiger partial charge in [-0.2, -0.15) is 0 Å². The van der Waals surface area contributed by atoms with Gasteiger partial charge >= 0.3 is 0 Å². The number of ether oxygens (including phenoxy) is 1. The van der Waals surface area contributed by atoms with Crippen LogP contribution in [0.5, 0.6) is 5.75 Å². The van der Waals surface area contributed by atoms with Crippen molar-refractivity contribution in [3.05, 3.63) is 66.9 Å². The molecule has 0 saturated heterocycles. The summed E-state index contributed by atoms with van der Waals surface area (Å²) in [7, 11) is 0. The average Bonchev–Trinajstić information content (AvgIpc) is 2.65. The van der Waals surface area contributed by atoms with Crippen molar-refractivity contribution in [2.24, 2.45) is 0 Å². The standard InChI is InChI=1S/C21H18N2O/c1-2-13-24-21-16-8-4-6-10-19(16)22-14-17(21)20-12-11-15-7-3-5-9-18(15)23-20/h3-12,14H,2,13H2,1H3. The minimum atomic E-state index is 0.675. The Bertz CT molecular complexity index is 1010. The second-order valence-electron chi connectivity index (χ2n) is 5.76. The lowest BCUT2D eigenvalue weighted by Crippen LogP contribution is -2.00. The number of rotatable bonds is 4. The zero-order valence-corrected chi connectivity index (χ0v) is 13.6. The zero-order chi connectivity index (χ0) is 16.4. The molecule has 0 aliphatic rings. The molecule has 0 bridgehead atoms. The molecule has 118 valence electrons. The molecule has 0 spiro atoms. The summed E-state index contributed by atoms with van der Waals surface area (Å²) >= 11 is 0. The molecule has 0 unspecified atom stereocenters. The Balaban J connectivity index is 1.93. The first-order chi connectivity index (χ1) is 11.9. The van der Waals surface area contributed by atoms with E-state index < -0.39 is 0 Å². The van der Waals surface area contributed by atoms with Crippen LogP contribution in [0.3, 0.4) is 0 Å². The molecule has 0 aliphatic heterocycles. The highest BCUT2D eigenvalue weighted by molar-refractivity contribution is 5.92. The van der Waals surface area contributed by atoms with Gasteiger partial charge in [0.05, 0.1) is 28.9 Å². The molecule has 3 nitrogen and oxygen atoms in total. The van der Waals surface area contributed by atoms with E-state index in [1.54, 1.807) is 0 Å². The molecule has 4 aromatic rings. The van der Waals surface area contributed by atoms with Gasteiger partial charge in [-0.3, -0.25) is 4.98 Å². The van der Waals surface area contributed by atoms with Crippen LogP contribution in [0.25, 0.3) is 33.1 Å². The quantitative estimate of drug-likeness (QED) is 0.517. The first kappa shape index (κ1) is 14.6. The molecule has 0 saturated carbocycles. The highest BCUT2D eigenvalue weighted by Gasteiger charge is 2.13. The topological polar surface area (TPSA) is 35.0 Å². The van der Waals surface area contributed by atoms with Crippen molar-refractivity contribution in [3.63, 3.8) is 0 Å². The Kier molecular flexibility index (Phi) is 3.83. The fourth-order valence-electron chi connectivity index (χ4n) is 2.87. The monoisotopic (exact) mass is 314 g/mol. The van der Waals surface area contributed by atoms with Crippen LogP contribution in [0.2, 0.25) is 0 Å². The van der Waals surface area contributed by atoms with E-state index in [-0.39, 0.29) is 0 Å². The van der Waals surface area contributed by atoms with Crippen LogP contribution in [-0.2, 0) is 0 Å². The van der Waals surface area contributed by atoms with Crippen LogP contribution in [0.1, 0.15) is 13.3 Å². The van der Waals surface area contributed by atoms with Gasteiger partial charge in [0.2, 0.25) is 0 Å². The Labute approximate surface area is 140 Å². The summed E-state index contributed by atoms with van der Waals surface area (Å²) < 4.78 is 6.09. The summed E-state index contributed by atoms with van der Waals surface area (Å²) in [5.41, 5.74) is 3.74. The molecule has 24 heavy (non-hydrogen) atoms. The molecule has 2 aromatic heterocycles. The third-order valence-electron chi connectivity index (χ3n) is 4.05. The Morgan fingerprint density at radius 1 is 0.875 bits per heavy atom. The SMILES string of the molecule is CCCOc1c(-c2ccc3ccccc3n2)cnc2ccccc12. The molecule has 0 aliphatic carbocycles. The summed E-state index contributed by atoms with van der Waals surface area (Å²) in [5.74, 6) is 0.866. The first-order valence-corrected chi connectivity index (χ1v) is 8.23. The number of nitrogens with zero attached hydrogens (tertiary/aromatic N) is 2. The Morgan fingerprint density at radius 3 is 2.54 bits per heavy atom. The van der Waals surface area contributed by atoms with Crippen molar-refractivity contribution in [1.29, 1.82) is 0 Å². The molecule has 2 aromatic carbocycles. The molecule has 0 radical (unpaired) electrons. The van der Waals surface area contributed by atoms with E-state index in [1.165, 1.54) is 0 Å².